The molecule has 0 bridgehead atoms. The number of nitrogens with two attached hydrogens (primary N) is 1. The van der Waals surface area contributed by atoms with E-state index in [9.17, 15) is 4.79 Å². The third kappa shape index (κ3) is 4.67. The molecule has 0 aliphatic rings. The summed E-state index contributed by atoms with van der Waals surface area (Å²) in [5, 5.41) is 3.63. The quantitative estimate of drug-likeness (QED) is 0.834. The molecule has 0 radical (unpaired) electrons. The summed E-state index contributed by atoms with van der Waals surface area (Å²) in [4.78, 5) is 11.8. The first-order valence-corrected chi connectivity index (χ1v) is 6.66. The Labute approximate surface area is 114 Å². The first-order chi connectivity index (χ1) is 8.54. The zero-order chi connectivity index (χ0) is 13.5. The molecule has 100 valence electrons. The molecule has 1 rings (SSSR count). The summed E-state index contributed by atoms with van der Waals surface area (Å²) in [7, 11) is 0. The minimum atomic E-state index is -0.0700. The highest BCUT2D eigenvalue weighted by atomic mass is 35.5. The second kappa shape index (κ2) is 7.39. The number of halogens is 1. The van der Waals surface area contributed by atoms with Gasteiger partial charge in [0, 0.05) is 11.4 Å². The summed E-state index contributed by atoms with van der Waals surface area (Å²) in [5.41, 5.74) is 6.47. The van der Waals surface area contributed by atoms with Gasteiger partial charge in [0.15, 0.2) is 0 Å². The Morgan fingerprint density at radius 3 is 2.67 bits per heavy atom. The van der Waals surface area contributed by atoms with Gasteiger partial charge in [-0.25, -0.2) is 0 Å². The predicted octanol–water partition coefficient (Wildman–Crippen LogP) is 2.89. The average Bonchev–Trinajstić information content (AvgIpc) is 2.36. The molecule has 0 aliphatic heterocycles. The first-order valence-electron chi connectivity index (χ1n) is 6.28. The molecule has 4 heteroatoms. The van der Waals surface area contributed by atoms with Crippen molar-refractivity contribution < 1.29 is 4.79 Å². The van der Waals surface area contributed by atoms with Crippen LogP contribution in [0.15, 0.2) is 24.3 Å². The second-order valence-electron chi connectivity index (χ2n) is 4.69. The third-order valence-electron chi connectivity index (χ3n) is 3.02. The van der Waals surface area contributed by atoms with Gasteiger partial charge in [-0.3, -0.25) is 4.79 Å². The van der Waals surface area contributed by atoms with Crippen molar-refractivity contribution in [3.8, 4) is 0 Å². The monoisotopic (exact) mass is 268 g/mol. The first kappa shape index (κ1) is 15.0. The van der Waals surface area contributed by atoms with Gasteiger partial charge in [0.1, 0.15) is 0 Å². The lowest BCUT2D eigenvalue weighted by molar-refractivity contribution is -0.122. The molecule has 3 N–H and O–H groups in total. The van der Waals surface area contributed by atoms with Crippen LogP contribution in [0.3, 0.4) is 0 Å². The van der Waals surface area contributed by atoms with Gasteiger partial charge < -0.3 is 11.1 Å². The number of hydrogen-bond donors (Lipinski definition) is 2. The zero-order valence-corrected chi connectivity index (χ0v) is 11.7. The molecule has 0 fully saturated rings. The molecule has 1 unspecified atom stereocenters. The Balaban J connectivity index is 2.47. The fraction of sp³-hybridized carbons (Fsp3) is 0.500. The molecule has 18 heavy (non-hydrogen) atoms. The summed E-state index contributed by atoms with van der Waals surface area (Å²) < 4.78 is 0. The normalized spacial score (nSPS) is 14.0. The van der Waals surface area contributed by atoms with Crippen LogP contribution in [0.5, 0.6) is 0 Å². The lowest BCUT2D eigenvalue weighted by atomic mass is 10.0. The van der Waals surface area contributed by atoms with Gasteiger partial charge in [-0.05, 0) is 37.4 Å². The molecule has 1 aromatic rings. The minimum Gasteiger partial charge on any atom is -0.350 e. The van der Waals surface area contributed by atoms with E-state index in [1.54, 1.807) is 0 Å². The number of carbonyl (C=O) groups excluding carboxylic acids is 1. The van der Waals surface area contributed by atoms with Crippen molar-refractivity contribution >= 4 is 17.5 Å². The smallest absolute Gasteiger partial charge is 0.220 e. The van der Waals surface area contributed by atoms with Crippen molar-refractivity contribution in [3.63, 3.8) is 0 Å². The molecule has 3 nitrogen and oxygen atoms in total. The van der Waals surface area contributed by atoms with E-state index in [1.165, 1.54) is 0 Å². The van der Waals surface area contributed by atoms with Crippen molar-refractivity contribution in [1.82, 2.24) is 5.32 Å². The average molecular weight is 269 g/mol. The molecule has 0 spiro atoms. The third-order valence-corrected chi connectivity index (χ3v) is 3.36. The van der Waals surface area contributed by atoms with E-state index >= 15 is 0 Å². The van der Waals surface area contributed by atoms with E-state index in [0.717, 1.165) is 12.0 Å². The number of carbonyl (C=O) groups is 1. The highest BCUT2D eigenvalue weighted by molar-refractivity contribution is 6.31. The van der Waals surface area contributed by atoms with Crippen LogP contribution in [-0.4, -0.2) is 12.5 Å². The van der Waals surface area contributed by atoms with E-state index in [1.807, 2.05) is 38.1 Å². The molecule has 2 atom stereocenters. The number of benzene rings is 1. The number of amides is 1. The van der Waals surface area contributed by atoms with Crippen LogP contribution in [-0.2, 0) is 4.79 Å². The Morgan fingerprint density at radius 2 is 2.06 bits per heavy atom. The van der Waals surface area contributed by atoms with Gasteiger partial charge in [0.05, 0.1) is 6.04 Å². The molecule has 0 saturated heterocycles. The highest BCUT2D eigenvalue weighted by Crippen LogP contribution is 2.22. The summed E-state index contributed by atoms with van der Waals surface area (Å²) in [6.45, 7) is 4.60. The molecule has 0 heterocycles. The molecular weight excluding hydrogens is 248 g/mol. The van der Waals surface area contributed by atoms with Crippen molar-refractivity contribution in [2.45, 2.75) is 32.7 Å². The van der Waals surface area contributed by atoms with Crippen LogP contribution in [0, 0.1) is 5.92 Å². The summed E-state index contributed by atoms with van der Waals surface area (Å²) >= 11 is 6.08. The van der Waals surface area contributed by atoms with Gasteiger partial charge in [-0.2, -0.15) is 0 Å². The van der Waals surface area contributed by atoms with E-state index in [2.05, 4.69) is 5.32 Å². The summed E-state index contributed by atoms with van der Waals surface area (Å²) in [6, 6.07) is 7.48. The van der Waals surface area contributed by atoms with Crippen molar-refractivity contribution in [2.75, 3.05) is 6.54 Å². The molecule has 0 saturated carbocycles. The van der Waals surface area contributed by atoms with Crippen LogP contribution in [0.2, 0.25) is 5.02 Å². The predicted molar refractivity (Wildman–Crippen MR) is 75.5 cm³/mol. The lowest BCUT2D eigenvalue weighted by Gasteiger charge is -2.16. The van der Waals surface area contributed by atoms with Crippen LogP contribution in [0.4, 0.5) is 0 Å². The fourth-order valence-electron chi connectivity index (χ4n) is 1.71. The maximum atomic E-state index is 11.8. The summed E-state index contributed by atoms with van der Waals surface area (Å²) in [5.74, 6) is 0.425. The fourth-order valence-corrected chi connectivity index (χ4v) is 2.01. The van der Waals surface area contributed by atoms with Crippen LogP contribution < -0.4 is 11.1 Å². The second-order valence-corrected chi connectivity index (χ2v) is 5.10. The highest BCUT2D eigenvalue weighted by Gasteiger charge is 2.12. The molecule has 1 amide bonds. The standard InChI is InChI=1S/C14H21ClN2O/c1-10(9-16)7-8-14(18)17-11(2)12-5-3-4-6-13(12)15/h3-6,10-11H,7-9,16H2,1-2H3,(H,17,18)/t10?,11-/m0/s1. The van der Waals surface area contributed by atoms with E-state index < -0.39 is 0 Å². The van der Waals surface area contributed by atoms with Crippen molar-refractivity contribution in [3.05, 3.63) is 34.9 Å². The van der Waals surface area contributed by atoms with Gasteiger partial charge in [-0.15, -0.1) is 0 Å². The van der Waals surface area contributed by atoms with Crippen molar-refractivity contribution in [1.29, 1.82) is 0 Å². The van der Waals surface area contributed by atoms with Gasteiger partial charge in [0.25, 0.3) is 0 Å². The Morgan fingerprint density at radius 1 is 1.39 bits per heavy atom. The van der Waals surface area contributed by atoms with Crippen LogP contribution >= 0.6 is 11.6 Å². The molecule has 0 aliphatic carbocycles. The Bertz CT molecular complexity index is 395. The SMILES string of the molecule is CC(CN)CCC(=O)N[C@@H](C)c1ccccc1Cl. The maximum absolute atomic E-state index is 11.8. The van der Waals surface area contributed by atoms with E-state index in [4.69, 9.17) is 17.3 Å². The Hall–Kier alpha value is -1.06. The number of hydrogen-bond acceptors (Lipinski definition) is 2. The van der Waals surface area contributed by atoms with Crippen LogP contribution in [0.25, 0.3) is 0 Å². The van der Waals surface area contributed by atoms with Gasteiger partial charge in [-0.1, -0.05) is 36.7 Å². The van der Waals surface area contributed by atoms with E-state index in [0.29, 0.717) is 23.9 Å². The largest absolute Gasteiger partial charge is 0.350 e. The van der Waals surface area contributed by atoms with Gasteiger partial charge >= 0.3 is 0 Å². The zero-order valence-electron chi connectivity index (χ0n) is 10.9. The summed E-state index contributed by atoms with van der Waals surface area (Å²) in [6.07, 6.45) is 1.32. The molecule has 1 aromatic carbocycles. The number of rotatable bonds is 6. The van der Waals surface area contributed by atoms with Crippen LogP contribution in [0.1, 0.15) is 38.3 Å². The lowest BCUT2D eigenvalue weighted by Crippen LogP contribution is -2.27. The topological polar surface area (TPSA) is 55.1 Å². The minimum absolute atomic E-state index is 0.0442. The Kier molecular flexibility index (Phi) is 6.16. The molecule has 0 aromatic heterocycles. The van der Waals surface area contributed by atoms with Gasteiger partial charge in [0.2, 0.25) is 5.91 Å². The maximum Gasteiger partial charge on any atom is 0.220 e. The number of nitrogens with one attached hydrogen (secondary N) is 1. The molecular formula is C14H21ClN2O. The van der Waals surface area contributed by atoms with E-state index in [-0.39, 0.29) is 11.9 Å². The van der Waals surface area contributed by atoms with Crippen molar-refractivity contribution in [2.24, 2.45) is 11.7 Å².